The van der Waals surface area contributed by atoms with Gasteiger partial charge in [-0.05, 0) is 84.7 Å². The van der Waals surface area contributed by atoms with Crippen molar-refractivity contribution >= 4 is 104 Å². The first-order chi connectivity index (χ1) is 33.0. The summed E-state index contributed by atoms with van der Waals surface area (Å²) in [6, 6.07) is 14.1. The van der Waals surface area contributed by atoms with Crippen LogP contribution in [-0.4, -0.2) is 24.7 Å². The second kappa shape index (κ2) is 22.4. The van der Waals surface area contributed by atoms with E-state index >= 15 is 4.39 Å². The van der Waals surface area contributed by atoms with Gasteiger partial charge in [0.2, 0.25) is 0 Å². The lowest BCUT2D eigenvalue weighted by Gasteiger charge is -2.19. The van der Waals surface area contributed by atoms with Crippen LogP contribution >= 0.6 is 68.0 Å². The number of thiophene rings is 6. The van der Waals surface area contributed by atoms with Crippen molar-refractivity contribution in [2.24, 2.45) is 11.8 Å². The lowest BCUT2D eigenvalue weighted by Crippen LogP contribution is -2.36. The van der Waals surface area contributed by atoms with E-state index < -0.39 is 35.7 Å². The Morgan fingerprint density at radius 2 is 1.20 bits per heavy atom. The third kappa shape index (κ3) is 11.9. The zero-order valence-electron chi connectivity index (χ0n) is 42.3. The fraction of sp³-hybridized carbons (Fsp3) is 0.554. The van der Waals surface area contributed by atoms with E-state index in [1.165, 1.54) is 87.8 Å². The molecule has 0 bridgehead atoms. The Hall–Kier alpha value is -2.75. The number of hydrogen-bond donors (Lipinski definition) is 0. The molecule has 382 valence electrons. The average molecular weight is 1080 g/mol. The maximum absolute atomic E-state index is 16.9. The summed E-state index contributed by atoms with van der Waals surface area (Å²) in [6.07, 6.45) is 3.96. The highest BCUT2D eigenvalue weighted by molar-refractivity contribution is 7.32. The second-order valence-corrected chi connectivity index (χ2v) is 27.6. The summed E-state index contributed by atoms with van der Waals surface area (Å²) in [5.41, 5.74) is 1.99. The summed E-state index contributed by atoms with van der Waals surface area (Å²) < 4.78 is 90.1. The molecule has 0 amide bonds. The minimum atomic E-state index is -5.58. The number of hydrogen-bond acceptors (Lipinski definition) is 8. The van der Waals surface area contributed by atoms with E-state index in [9.17, 15) is 26.7 Å². The van der Waals surface area contributed by atoms with Crippen molar-refractivity contribution in [1.82, 2.24) is 0 Å². The molecule has 0 aliphatic carbocycles. The van der Waals surface area contributed by atoms with Gasteiger partial charge in [-0.2, -0.15) is 22.0 Å². The highest BCUT2D eigenvalue weighted by atomic mass is 32.1. The maximum atomic E-state index is 16.9. The molecule has 70 heavy (non-hydrogen) atoms. The topological polar surface area (TPSA) is 26.3 Å². The molecule has 0 aliphatic rings. The van der Waals surface area contributed by atoms with Crippen molar-refractivity contribution in [3.8, 4) is 30.6 Å². The van der Waals surface area contributed by atoms with E-state index in [1.54, 1.807) is 22.7 Å². The van der Waals surface area contributed by atoms with Gasteiger partial charge in [-0.15, -0.1) is 68.0 Å². The van der Waals surface area contributed by atoms with Gasteiger partial charge in [0.25, 0.3) is 0 Å². The smallest absolute Gasteiger partial charge is 0.453 e. The molecule has 2 atom stereocenters. The van der Waals surface area contributed by atoms with Crippen LogP contribution in [0.25, 0.3) is 60.9 Å². The minimum absolute atomic E-state index is 0.0613. The number of carbonyl (C=O) groups is 1. The normalized spacial score (nSPS) is 13.9. The van der Waals surface area contributed by atoms with Crippen molar-refractivity contribution in [2.45, 2.75) is 182 Å². The Labute approximate surface area is 434 Å². The number of alkyl halides is 5. The first-order valence-electron chi connectivity index (χ1n) is 25.1. The second-order valence-electron chi connectivity index (χ2n) is 21.1. The number of unbranched alkanes of at least 4 members (excludes halogenated alkanes) is 4. The van der Waals surface area contributed by atoms with Crippen molar-refractivity contribution in [3.63, 3.8) is 0 Å². The van der Waals surface area contributed by atoms with E-state index in [1.807, 2.05) is 34.0 Å². The first-order valence-corrected chi connectivity index (χ1v) is 30.0. The summed E-state index contributed by atoms with van der Waals surface area (Å²) in [5, 5.41) is 2.88. The Kier molecular flexibility index (Phi) is 17.6. The zero-order valence-corrected chi connectivity index (χ0v) is 47.2. The molecule has 6 aromatic heterocycles. The SMILES string of the molecule is CCCCC(CC)Cc1ccc(-c2c3cc(C(C)(C)C)sc3c(-c3ccc(CC(CC)CCC)s3)c3cc(-c4sc(C(C)(C)C)c5c(F)c(C(=O)OCCCCCCC(F)(F)C(F)(F)F)sc45)sc23)s1. The highest BCUT2D eigenvalue weighted by Gasteiger charge is 2.56. The standard InChI is InChI=1S/C56H68F6O2S6/c1-11-15-21-33(14-4)29-35-23-25-39(66-35)43-37-31-41(53(5,6)7)68-47(37)42(38-24-22-34(65-38)28-32(13-3)20-12-2)36-30-40(67-46(36)43)48-49-44(51(70-48)54(8,9)10)45(57)50(69-49)52(63)64-27-19-17-16-18-26-55(58,59)56(60,61)62/h22-25,30-33H,11-21,26-29H2,1-10H3. The molecule has 7 rings (SSSR count). The zero-order chi connectivity index (χ0) is 50.9. The van der Waals surface area contributed by atoms with Gasteiger partial charge in [-0.1, -0.05) is 127 Å². The van der Waals surface area contributed by atoms with Crippen molar-refractivity contribution in [3.05, 3.63) is 66.6 Å². The molecule has 6 heterocycles. The number of carbonyl (C=O) groups excluding carboxylic acids is 1. The van der Waals surface area contributed by atoms with Crippen LogP contribution in [0.1, 0.15) is 175 Å². The van der Waals surface area contributed by atoms with Gasteiger partial charge >= 0.3 is 18.1 Å². The van der Waals surface area contributed by atoms with E-state index in [0.717, 1.165) is 51.7 Å². The summed E-state index contributed by atoms with van der Waals surface area (Å²) in [5.74, 6) is -4.87. The van der Waals surface area contributed by atoms with Crippen LogP contribution in [0.4, 0.5) is 26.3 Å². The molecule has 14 heteroatoms. The van der Waals surface area contributed by atoms with Crippen LogP contribution in [-0.2, 0) is 28.4 Å². The fourth-order valence-electron chi connectivity index (χ4n) is 9.32. The van der Waals surface area contributed by atoms with Gasteiger partial charge < -0.3 is 4.74 Å². The van der Waals surface area contributed by atoms with Crippen LogP contribution < -0.4 is 0 Å². The number of benzene rings is 1. The monoisotopic (exact) mass is 1080 g/mol. The number of esters is 1. The Morgan fingerprint density at radius 3 is 1.76 bits per heavy atom. The predicted molar refractivity (Wildman–Crippen MR) is 294 cm³/mol. The molecule has 2 nitrogen and oxygen atoms in total. The van der Waals surface area contributed by atoms with Crippen LogP contribution in [0.5, 0.6) is 0 Å². The van der Waals surface area contributed by atoms with Gasteiger partial charge in [-0.3, -0.25) is 0 Å². The lowest BCUT2D eigenvalue weighted by molar-refractivity contribution is -0.284. The molecule has 1 aromatic carbocycles. The quantitative estimate of drug-likeness (QED) is 0.0384. The third-order valence-electron chi connectivity index (χ3n) is 13.4. The largest absolute Gasteiger partial charge is 0.461 e. The Bertz CT molecular complexity index is 2880. The molecular weight excluding hydrogens is 1010 g/mol. The van der Waals surface area contributed by atoms with E-state index in [0.29, 0.717) is 28.3 Å². The van der Waals surface area contributed by atoms with Crippen LogP contribution in [0.3, 0.4) is 0 Å². The predicted octanol–water partition coefficient (Wildman–Crippen LogP) is 21.7. The molecule has 0 radical (unpaired) electrons. The first kappa shape index (κ1) is 55.0. The van der Waals surface area contributed by atoms with Crippen molar-refractivity contribution in [1.29, 1.82) is 0 Å². The molecule has 0 N–H and O–H groups in total. The Morgan fingerprint density at radius 1 is 0.614 bits per heavy atom. The van der Waals surface area contributed by atoms with Crippen molar-refractivity contribution in [2.75, 3.05) is 6.61 Å². The van der Waals surface area contributed by atoms with E-state index in [-0.39, 0.29) is 36.2 Å². The molecule has 7 aromatic rings. The van der Waals surface area contributed by atoms with Crippen LogP contribution in [0.15, 0.2) is 36.4 Å². The van der Waals surface area contributed by atoms with E-state index in [4.69, 9.17) is 4.74 Å². The summed E-state index contributed by atoms with van der Waals surface area (Å²) >= 11 is 10.2. The highest BCUT2D eigenvalue weighted by Crippen LogP contribution is 2.57. The van der Waals surface area contributed by atoms with E-state index in [2.05, 4.69) is 106 Å². The Balaban J connectivity index is 1.35. The molecule has 0 spiro atoms. The molecule has 0 aliphatic heterocycles. The summed E-state index contributed by atoms with van der Waals surface area (Å²) in [6.45, 7) is 22.1. The van der Waals surface area contributed by atoms with Gasteiger partial charge in [0.15, 0.2) is 5.82 Å². The van der Waals surface area contributed by atoms with Crippen molar-refractivity contribution < 1.29 is 35.9 Å². The minimum Gasteiger partial charge on any atom is -0.461 e. The van der Waals surface area contributed by atoms with Gasteiger partial charge in [-0.25, -0.2) is 9.18 Å². The lowest BCUT2D eigenvalue weighted by atomic mass is 9.92. The van der Waals surface area contributed by atoms with Gasteiger partial charge in [0.1, 0.15) is 4.88 Å². The molecule has 0 fully saturated rings. The molecule has 2 unspecified atom stereocenters. The molecule has 0 saturated heterocycles. The van der Waals surface area contributed by atoms with Gasteiger partial charge in [0, 0.05) is 77.2 Å². The molecular formula is C56H68F6O2S6. The summed E-state index contributed by atoms with van der Waals surface area (Å²) in [4.78, 5) is 22.9. The third-order valence-corrected chi connectivity index (χ3v) is 21.5. The maximum Gasteiger partial charge on any atom is 0.453 e. The summed E-state index contributed by atoms with van der Waals surface area (Å²) in [7, 11) is 0. The molecule has 0 saturated carbocycles. The number of halogens is 6. The number of rotatable bonds is 22. The van der Waals surface area contributed by atoms with Crippen LogP contribution in [0, 0.1) is 17.7 Å². The number of fused-ring (bicyclic) bond motifs is 3. The fourth-order valence-corrected chi connectivity index (χ4v) is 17.1. The number of ether oxygens (including phenoxy) is 1. The van der Waals surface area contributed by atoms with Crippen LogP contribution in [0.2, 0.25) is 0 Å². The average Bonchev–Trinajstić information content (AvgIpc) is 4.15. The van der Waals surface area contributed by atoms with Gasteiger partial charge in [0.05, 0.1) is 16.2 Å².